The molecular formula is C41H38F6N6O2. The molecule has 2 aliphatic rings. The van der Waals surface area contributed by atoms with Crippen molar-refractivity contribution >= 4 is 28.4 Å². The number of carbonyl (C=O) groups excluding carboxylic acids is 2. The second kappa shape index (κ2) is 15.0. The zero-order chi connectivity index (χ0) is 39.2. The van der Waals surface area contributed by atoms with Gasteiger partial charge in [-0.25, -0.2) is 26.3 Å². The lowest BCUT2D eigenvalue weighted by Gasteiger charge is -2.34. The molecule has 2 aliphatic heterocycles. The van der Waals surface area contributed by atoms with Gasteiger partial charge in [-0.1, -0.05) is 18.2 Å². The van der Waals surface area contributed by atoms with Crippen LogP contribution in [0.25, 0.3) is 22.0 Å². The number of benzene rings is 3. The van der Waals surface area contributed by atoms with Gasteiger partial charge in [-0.05, 0) is 101 Å². The Balaban J connectivity index is 1.07. The zero-order valence-electron chi connectivity index (χ0n) is 30.3. The van der Waals surface area contributed by atoms with Crippen molar-refractivity contribution in [3.05, 3.63) is 118 Å². The second-order valence-corrected chi connectivity index (χ2v) is 14.6. The van der Waals surface area contributed by atoms with Crippen molar-refractivity contribution < 1.29 is 35.9 Å². The van der Waals surface area contributed by atoms with E-state index in [1.165, 1.54) is 30.3 Å². The summed E-state index contributed by atoms with van der Waals surface area (Å²) in [6, 6.07) is 11.9. The first-order valence-electron chi connectivity index (χ1n) is 18.0. The molecule has 5 aromatic rings. The van der Waals surface area contributed by atoms with E-state index in [9.17, 15) is 22.8 Å². The third-order valence-electron chi connectivity index (χ3n) is 11.0. The van der Waals surface area contributed by atoms with Crippen molar-refractivity contribution in [2.24, 2.45) is 0 Å². The number of aryl methyl sites for hydroxylation is 1. The SMILES string of the molecule is Cc1nnc(N[C@H](C)c2cccc(C(F)F)c2F)c2cc(-c3ccc(F)c(CN4CCC(c5c(F)cc([C@@]6(C)CCC(=O)NC6=O)cc5F)CC4)c3)ncc12. The largest absolute Gasteiger partial charge is 0.361 e. The number of piperidine rings is 2. The quantitative estimate of drug-likeness (QED) is 0.115. The molecule has 4 heterocycles. The first-order chi connectivity index (χ1) is 26.2. The number of alkyl halides is 2. The lowest BCUT2D eigenvalue weighted by Crippen LogP contribution is -2.49. The number of amides is 2. The lowest BCUT2D eigenvalue weighted by atomic mass is 9.74. The summed E-state index contributed by atoms with van der Waals surface area (Å²) in [7, 11) is 0. The average Bonchev–Trinajstić information content (AvgIpc) is 3.15. The van der Waals surface area contributed by atoms with Gasteiger partial charge in [-0.2, -0.15) is 5.10 Å². The van der Waals surface area contributed by atoms with Crippen LogP contribution >= 0.6 is 0 Å². The van der Waals surface area contributed by atoms with Crippen molar-refractivity contribution in [1.29, 1.82) is 0 Å². The Morgan fingerprint density at radius 1 is 0.927 bits per heavy atom. The maximum atomic E-state index is 15.5. The third kappa shape index (κ3) is 7.39. The number of hydrogen-bond acceptors (Lipinski definition) is 7. The average molecular weight is 761 g/mol. The van der Waals surface area contributed by atoms with E-state index >= 15 is 13.2 Å². The number of imide groups is 1. The predicted molar refractivity (Wildman–Crippen MR) is 194 cm³/mol. The van der Waals surface area contributed by atoms with Crippen molar-refractivity contribution in [3.63, 3.8) is 0 Å². The molecule has 0 bridgehead atoms. The van der Waals surface area contributed by atoms with Crippen LogP contribution in [0.3, 0.4) is 0 Å². The van der Waals surface area contributed by atoms with E-state index in [0.29, 0.717) is 59.2 Å². The summed E-state index contributed by atoms with van der Waals surface area (Å²) < 4.78 is 88.0. The Hall–Kier alpha value is -5.37. The molecule has 2 atom stereocenters. The Kier molecular flexibility index (Phi) is 10.4. The van der Waals surface area contributed by atoms with Gasteiger partial charge in [0.15, 0.2) is 5.82 Å². The maximum absolute atomic E-state index is 15.5. The number of aromatic nitrogens is 3. The Morgan fingerprint density at radius 2 is 1.64 bits per heavy atom. The van der Waals surface area contributed by atoms with Crippen molar-refractivity contribution in [2.45, 2.75) is 76.8 Å². The summed E-state index contributed by atoms with van der Waals surface area (Å²) >= 11 is 0. The van der Waals surface area contributed by atoms with Crippen LogP contribution in [0.5, 0.6) is 0 Å². The van der Waals surface area contributed by atoms with E-state index in [-0.39, 0.29) is 41.9 Å². The van der Waals surface area contributed by atoms with E-state index in [4.69, 9.17) is 0 Å². The number of anilines is 1. The minimum absolute atomic E-state index is 0.0372. The Labute approximate surface area is 313 Å². The van der Waals surface area contributed by atoms with Crippen LogP contribution in [-0.4, -0.2) is 45.0 Å². The third-order valence-corrected chi connectivity index (χ3v) is 11.0. The van der Waals surface area contributed by atoms with Gasteiger partial charge in [0.25, 0.3) is 6.43 Å². The number of nitrogens with one attached hydrogen (secondary N) is 2. The highest BCUT2D eigenvalue weighted by Gasteiger charge is 2.41. The second-order valence-electron chi connectivity index (χ2n) is 14.6. The molecular weight excluding hydrogens is 722 g/mol. The summed E-state index contributed by atoms with van der Waals surface area (Å²) in [5.41, 5.74) is 0.383. The Bertz CT molecular complexity index is 2290. The highest BCUT2D eigenvalue weighted by atomic mass is 19.3. The number of hydrogen-bond donors (Lipinski definition) is 2. The number of halogens is 6. The van der Waals surface area contributed by atoms with Gasteiger partial charge in [-0.15, -0.1) is 5.10 Å². The molecule has 0 radical (unpaired) electrons. The number of rotatable bonds is 9. The van der Waals surface area contributed by atoms with Crippen LogP contribution in [0.4, 0.5) is 32.2 Å². The lowest BCUT2D eigenvalue weighted by molar-refractivity contribution is -0.137. The van der Waals surface area contributed by atoms with Crippen molar-refractivity contribution in [1.82, 2.24) is 25.4 Å². The Morgan fingerprint density at radius 3 is 2.33 bits per heavy atom. The van der Waals surface area contributed by atoms with E-state index in [2.05, 4.69) is 25.8 Å². The topological polar surface area (TPSA) is 100 Å². The summed E-state index contributed by atoms with van der Waals surface area (Å²) in [6.07, 6.45) is -0.263. The first-order valence-corrected chi connectivity index (χ1v) is 18.0. The van der Waals surface area contributed by atoms with Crippen LogP contribution in [0.2, 0.25) is 0 Å². The maximum Gasteiger partial charge on any atom is 0.266 e. The summed E-state index contributed by atoms with van der Waals surface area (Å²) in [5, 5.41) is 15.1. The molecule has 3 aromatic carbocycles. The van der Waals surface area contributed by atoms with Gasteiger partial charge in [0.2, 0.25) is 11.8 Å². The fourth-order valence-electron chi connectivity index (χ4n) is 7.64. The van der Waals surface area contributed by atoms with Gasteiger partial charge < -0.3 is 5.32 Å². The summed E-state index contributed by atoms with van der Waals surface area (Å²) in [4.78, 5) is 30.9. The molecule has 55 heavy (non-hydrogen) atoms. The summed E-state index contributed by atoms with van der Waals surface area (Å²) in [6.45, 7) is 6.12. The highest BCUT2D eigenvalue weighted by molar-refractivity contribution is 6.03. The van der Waals surface area contributed by atoms with Gasteiger partial charge in [0.05, 0.1) is 28.4 Å². The molecule has 14 heteroatoms. The van der Waals surface area contributed by atoms with Gasteiger partial charge >= 0.3 is 0 Å². The molecule has 7 rings (SSSR count). The smallest absolute Gasteiger partial charge is 0.266 e. The molecule has 2 saturated heterocycles. The van der Waals surface area contributed by atoms with Crippen LogP contribution in [-0.2, 0) is 21.5 Å². The fourth-order valence-corrected chi connectivity index (χ4v) is 7.64. The van der Waals surface area contributed by atoms with E-state index in [1.807, 2.05) is 4.90 Å². The fraction of sp³-hybridized carbons (Fsp3) is 0.341. The van der Waals surface area contributed by atoms with Crippen LogP contribution in [0.1, 0.15) is 91.4 Å². The molecule has 2 amide bonds. The summed E-state index contributed by atoms with van der Waals surface area (Å²) in [5.74, 6) is -4.01. The molecule has 286 valence electrons. The number of likely N-dealkylation sites (tertiary alicyclic amines) is 1. The number of pyridine rings is 1. The van der Waals surface area contributed by atoms with E-state index in [0.717, 1.165) is 6.07 Å². The minimum Gasteiger partial charge on any atom is -0.361 e. The normalized spacial score (nSPS) is 18.9. The number of fused-ring (bicyclic) bond motifs is 1. The molecule has 0 aliphatic carbocycles. The van der Waals surface area contributed by atoms with Crippen LogP contribution in [0.15, 0.2) is 60.8 Å². The van der Waals surface area contributed by atoms with Crippen LogP contribution < -0.4 is 10.6 Å². The van der Waals surface area contributed by atoms with Gasteiger partial charge in [-0.3, -0.25) is 24.8 Å². The number of carbonyl (C=O) groups is 2. The minimum atomic E-state index is -2.97. The molecule has 8 nitrogen and oxygen atoms in total. The zero-order valence-corrected chi connectivity index (χ0v) is 30.3. The highest BCUT2D eigenvalue weighted by Crippen LogP contribution is 2.39. The van der Waals surface area contributed by atoms with Crippen molar-refractivity contribution in [3.8, 4) is 11.3 Å². The molecule has 0 unspecified atom stereocenters. The predicted octanol–water partition coefficient (Wildman–Crippen LogP) is 8.74. The monoisotopic (exact) mass is 760 g/mol. The van der Waals surface area contributed by atoms with Gasteiger partial charge in [0.1, 0.15) is 23.3 Å². The molecule has 2 N–H and O–H groups in total. The molecule has 2 fully saturated rings. The number of nitrogens with zero attached hydrogens (tertiary/aromatic N) is 4. The standard InChI is InChI=1S/C41H38F6N6O2/c1-21(27-5-4-6-28(37(27)45)38(46)47)49-39-29-18-34(48-19-30(29)22(2)51-52-39)24-7-8-31(42)25(15-24)20-53-13-10-23(11-14-53)36-32(43)16-26(17-33(36)44)41(3)12-9-35(54)50-40(41)55/h4-8,15-19,21,23,38H,9-14,20H2,1-3H3,(H,49,52)(H,50,54,55)/t21-,41-/m1/s1. The van der Waals surface area contributed by atoms with Crippen LogP contribution in [0, 0.1) is 30.2 Å². The van der Waals surface area contributed by atoms with Crippen molar-refractivity contribution in [2.75, 3.05) is 18.4 Å². The first kappa shape index (κ1) is 37.9. The molecule has 0 spiro atoms. The van der Waals surface area contributed by atoms with E-state index in [1.54, 1.807) is 45.2 Å². The van der Waals surface area contributed by atoms with Gasteiger partial charge in [0, 0.05) is 52.2 Å². The molecule has 0 saturated carbocycles. The van der Waals surface area contributed by atoms with E-state index < -0.39 is 64.4 Å². The molecule has 2 aromatic heterocycles.